The van der Waals surface area contributed by atoms with Crippen LogP contribution in [-0.2, 0) is 0 Å². The summed E-state index contributed by atoms with van der Waals surface area (Å²) in [6, 6.07) is 0. The molecule has 0 radical (unpaired) electrons. The highest BCUT2D eigenvalue weighted by Gasteiger charge is 2.78. The van der Waals surface area contributed by atoms with E-state index < -0.39 is 0 Å². The summed E-state index contributed by atoms with van der Waals surface area (Å²) in [6.07, 6.45) is 3.07. The minimum Gasteiger partial charge on any atom is -0.392 e. The average molecular weight is 194 g/mol. The molecule has 1 N–H and O–H groups in total. The predicted octanol–water partition coefficient (Wildman–Crippen LogP) is 1.36. The standard InChI is InChI=1S/C11H14OS/c12-9-7-3-1-2-4-6-5(3)8(9)11(6)13-10(4)7/h3-12H,1-2H2. The van der Waals surface area contributed by atoms with Crippen molar-refractivity contribution in [3.05, 3.63) is 0 Å². The van der Waals surface area contributed by atoms with Gasteiger partial charge in [-0.15, -0.1) is 0 Å². The highest BCUT2D eigenvalue weighted by Crippen LogP contribution is 2.79. The van der Waals surface area contributed by atoms with Crippen molar-refractivity contribution in [1.82, 2.24) is 0 Å². The number of hydrogen-bond acceptors (Lipinski definition) is 2. The SMILES string of the molecule is OC1C2C3CCC4C2SC2C1C3C42. The summed E-state index contributed by atoms with van der Waals surface area (Å²) < 4.78 is 0. The van der Waals surface area contributed by atoms with Gasteiger partial charge in [0.15, 0.2) is 0 Å². The molecule has 1 saturated heterocycles. The molecule has 0 spiro atoms. The zero-order valence-corrected chi connectivity index (χ0v) is 8.28. The third kappa shape index (κ3) is 0.460. The van der Waals surface area contributed by atoms with Gasteiger partial charge < -0.3 is 5.11 Å². The third-order valence-electron chi connectivity index (χ3n) is 5.87. The largest absolute Gasteiger partial charge is 0.392 e. The first-order chi connectivity index (χ1) is 6.38. The number of thioether (sulfide) groups is 1. The van der Waals surface area contributed by atoms with Crippen molar-refractivity contribution >= 4 is 11.8 Å². The van der Waals surface area contributed by atoms with E-state index in [0.29, 0.717) is 0 Å². The van der Waals surface area contributed by atoms with Crippen molar-refractivity contribution in [2.24, 2.45) is 35.5 Å². The predicted molar refractivity (Wildman–Crippen MR) is 51.3 cm³/mol. The van der Waals surface area contributed by atoms with E-state index in [1.807, 2.05) is 0 Å². The Balaban J connectivity index is 1.79. The maximum atomic E-state index is 10.2. The van der Waals surface area contributed by atoms with Gasteiger partial charge >= 0.3 is 0 Å². The van der Waals surface area contributed by atoms with Gasteiger partial charge in [-0.2, -0.15) is 11.8 Å². The van der Waals surface area contributed by atoms with Crippen LogP contribution in [0.5, 0.6) is 0 Å². The van der Waals surface area contributed by atoms with Gasteiger partial charge in [0.05, 0.1) is 6.10 Å². The molecule has 0 amide bonds. The normalized spacial score (nSPS) is 80.5. The van der Waals surface area contributed by atoms with Crippen LogP contribution in [0.1, 0.15) is 12.8 Å². The molecule has 3 aliphatic carbocycles. The topological polar surface area (TPSA) is 20.2 Å². The van der Waals surface area contributed by atoms with Crippen LogP contribution < -0.4 is 0 Å². The van der Waals surface area contributed by atoms with E-state index in [1.54, 1.807) is 0 Å². The average Bonchev–Trinajstić information content (AvgIpc) is 2.42. The molecule has 1 heterocycles. The summed E-state index contributed by atoms with van der Waals surface area (Å²) in [7, 11) is 0. The van der Waals surface area contributed by atoms with Crippen molar-refractivity contribution in [3.8, 4) is 0 Å². The van der Waals surface area contributed by atoms with Crippen LogP contribution in [-0.4, -0.2) is 21.7 Å². The minimum atomic E-state index is 0.118. The minimum absolute atomic E-state index is 0.118. The second kappa shape index (κ2) is 1.71. The van der Waals surface area contributed by atoms with E-state index in [9.17, 15) is 5.11 Å². The maximum absolute atomic E-state index is 10.2. The summed E-state index contributed by atoms with van der Waals surface area (Å²) in [5.74, 6) is 5.50. The summed E-state index contributed by atoms with van der Waals surface area (Å²) in [5.41, 5.74) is 0. The Labute approximate surface area is 82.3 Å². The molecule has 3 saturated carbocycles. The second-order valence-electron chi connectivity index (χ2n) is 5.77. The Morgan fingerprint density at radius 2 is 1.69 bits per heavy atom. The van der Waals surface area contributed by atoms with Gasteiger partial charge in [0.2, 0.25) is 0 Å². The van der Waals surface area contributed by atoms with E-state index in [2.05, 4.69) is 11.8 Å². The summed E-state index contributed by atoms with van der Waals surface area (Å²) >= 11 is 2.27. The van der Waals surface area contributed by atoms with Gasteiger partial charge in [0.1, 0.15) is 0 Å². The van der Waals surface area contributed by atoms with Crippen LogP contribution in [0.25, 0.3) is 0 Å². The van der Waals surface area contributed by atoms with E-state index in [-0.39, 0.29) is 6.10 Å². The first kappa shape index (κ1) is 6.73. The molecule has 1 aliphatic heterocycles. The third-order valence-corrected chi connectivity index (χ3v) is 7.79. The van der Waals surface area contributed by atoms with Gasteiger partial charge in [0.25, 0.3) is 0 Å². The number of aliphatic hydroxyl groups excluding tert-OH is 1. The van der Waals surface area contributed by atoms with E-state index in [4.69, 9.17) is 0 Å². The Kier molecular flexibility index (Phi) is 0.887. The first-order valence-corrected chi connectivity index (χ1v) is 6.66. The molecule has 9 atom stereocenters. The van der Waals surface area contributed by atoms with E-state index in [1.165, 1.54) is 12.8 Å². The van der Waals surface area contributed by atoms with Crippen molar-refractivity contribution in [2.45, 2.75) is 29.4 Å². The zero-order chi connectivity index (χ0) is 8.32. The molecule has 0 aromatic carbocycles. The molecule has 4 aliphatic rings. The fourth-order valence-electron chi connectivity index (χ4n) is 5.72. The molecule has 0 aromatic rings. The summed E-state index contributed by atoms with van der Waals surface area (Å²) in [4.78, 5) is 0. The summed E-state index contributed by atoms with van der Waals surface area (Å²) in [6.45, 7) is 0. The van der Waals surface area contributed by atoms with Crippen LogP contribution in [0.2, 0.25) is 0 Å². The van der Waals surface area contributed by atoms with Gasteiger partial charge in [-0.3, -0.25) is 0 Å². The first-order valence-electron chi connectivity index (χ1n) is 5.71. The lowest BCUT2D eigenvalue weighted by Crippen LogP contribution is -2.54. The monoisotopic (exact) mass is 194 g/mol. The van der Waals surface area contributed by atoms with Gasteiger partial charge in [-0.05, 0) is 36.5 Å². The Bertz CT molecular complexity index is 292. The Morgan fingerprint density at radius 3 is 2.62 bits per heavy atom. The van der Waals surface area contributed by atoms with Crippen LogP contribution >= 0.6 is 11.8 Å². The fraction of sp³-hybridized carbons (Fsp3) is 1.00. The number of fused-ring (bicyclic) bond motifs is 9. The molecular weight excluding hydrogens is 180 g/mol. The Hall–Kier alpha value is 0.310. The smallest absolute Gasteiger partial charge is 0.0623 e. The van der Waals surface area contributed by atoms with E-state index >= 15 is 0 Å². The molecule has 9 unspecified atom stereocenters. The molecule has 70 valence electrons. The van der Waals surface area contributed by atoms with Crippen LogP contribution in [0.15, 0.2) is 0 Å². The van der Waals surface area contributed by atoms with Crippen LogP contribution in [0, 0.1) is 35.5 Å². The molecule has 1 nitrogen and oxygen atoms in total. The van der Waals surface area contributed by atoms with Crippen molar-refractivity contribution in [2.75, 3.05) is 0 Å². The van der Waals surface area contributed by atoms with Crippen LogP contribution in [0.4, 0.5) is 0 Å². The molecule has 4 rings (SSSR count). The second-order valence-corrected chi connectivity index (χ2v) is 7.13. The van der Waals surface area contributed by atoms with Crippen molar-refractivity contribution < 1.29 is 5.11 Å². The lowest BCUT2D eigenvalue weighted by atomic mass is 9.50. The molecule has 13 heavy (non-hydrogen) atoms. The van der Waals surface area contributed by atoms with Crippen molar-refractivity contribution in [3.63, 3.8) is 0 Å². The lowest BCUT2D eigenvalue weighted by Gasteiger charge is -2.53. The molecule has 0 bridgehead atoms. The highest BCUT2D eigenvalue weighted by molar-refractivity contribution is 8.01. The van der Waals surface area contributed by atoms with Crippen LogP contribution in [0.3, 0.4) is 0 Å². The maximum Gasteiger partial charge on any atom is 0.0623 e. The number of hydrogen-bond donors (Lipinski definition) is 1. The Morgan fingerprint density at radius 1 is 0.846 bits per heavy atom. The zero-order valence-electron chi connectivity index (χ0n) is 7.47. The molecular formula is C11H14OS. The quantitative estimate of drug-likeness (QED) is 0.588. The van der Waals surface area contributed by atoms with Gasteiger partial charge in [-0.25, -0.2) is 0 Å². The molecule has 0 aromatic heterocycles. The summed E-state index contributed by atoms with van der Waals surface area (Å²) in [5, 5.41) is 12.0. The van der Waals surface area contributed by atoms with Gasteiger partial charge in [0, 0.05) is 22.3 Å². The molecule has 2 heteroatoms. The van der Waals surface area contributed by atoms with E-state index in [0.717, 1.165) is 46.0 Å². The van der Waals surface area contributed by atoms with Gasteiger partial charge in [-0.1, -0.05) is 0 Å². The number of rotatable bonds is 0. The van der Waals surface area contributed by atoms with Crippen molar-refractivity contribution in [1.29, 1.82) is 0 Å². The lowest BCUT2D eigenvalue weighted by molar-refractivity contribution is -0.0354. The fourth-order valence-corrected chi connectivity index (χ4v) is 8.23. The number of aliphatic hydroxyl groups is 1. The highest BCUT2D eigenvalue weighted by atomic mass is 32.2. The molecule has 4 fully saturated rings.